The molecule has 32 nitrogen and oxygen atoms in total. The van der Waals surface area contributed by atoms with Crippen LogP contribution in [0.4, 0.5) is 43.2 Å². The van der Waals surface area contributed by atoms with Crippen molar-refractivity contribution >= 4 is 138 Å². The lowest BCUT2D eigenvalue weighted by molar-refractivity contribution is 0.00578. The molecule has 17 rings (SSSR count). The molecular formula is C96H122BBrCl2N18O14. The second-order valence-electron chi connectivity index (χ2n) is 38.3. The molecule has 9 aromatic heterocycles. The summed E-state index contributed by atoms with van der Waals surface area (Å²) in [6, 6.07) is 24.2. The number of pyridine rings is 7. The lowest BCUT2D eigenvalue weighted by Crippen LogP contribution is -2.41. The van der Waals surface area contributed by atoms with Gasteiger partial charge in [-0.05, 0) is 237 Å². The molecule has 1 aromatic carbocycles. The second-order valence-corrected chi connectivity index (χ2v) is 39.8. The number of carbonyl (C=O) groups is 6. The number of amides is 6. The number of nitrogen functional groups attached to an aromatic ring is 1. The molecule has 7 aliphatic heterocycles. The predicted octanol–water partition coefficient (Wildman–Crippen LogP) is 17.3. The van der Waals surface area contributed by atoms with E-state index in [2.05, 4.69) is 149 Å². The monoisotopic (exact) mass is 1910 g/mol. The van der Waals surface area contributed by atoms with Crippen LogP contribution in [0.3, 0.4) is 0 Å². The van der Waals surface area contributed by atoms with E-state index in [-0.39, 0.29) is 55.7 Å². The van der Waals surface area contributed by atoms with Gasteiger partial charge in [-0.3, -0.25) is 19.4 Å². The number of aromatic nitrogens is 9. The number of carbonyl (C=O) groups excluding carboxylic acids is 6. The molecule has 704 valence electrons. The largest absolute Gasteiger partial charge is 0.495 e. The molecule has 0 radical (unpaired) electrons. The van der Waals surface area contributed by atoms with Gasteiger partial charge in [0, 0.05) is 134 Å². The quantitative estimate of drug-likeness (QED) is 0.0487. The zero-order chi connectivity index (χ0) is 94.8. The van der Waals surface area contributed by atoms with Gasteiger partial charge < -0.3 is 77.9 Å². The van der Waals surface area contributed by atoms with Crippen molar-refractivity contribution in [2.45, 2.75) is 202 Å². The normalized spacial score (nSPS) is 17.7. The highest BCUT2D eigenvalue weighted by Crippen LogP contribution is 2.44. The van der Waals surface area contributed by atoms with E-state index in [9.17, 15) is 28.8 Å². The number of benzene rings is 1. The molecule has 16 heterocycles. The molecular weight excluding hydrogens is 1790 g/mol. The molecule has 0 bridgehead atoms. The average Bonchev–Trinajstić information content (AvgIpc) is 1.59. The van der Waals surface area contributed by atoms with Gasteiger partial charge in [0.05, 0.1) is 114 Å². The molecule has 4 saturated heterocycles. The van der Waals surface area contributed by atoms with Crippen molar-refractivity contribution in [2.75, 3.05) is 98.3 Å². The van der Waals surface area contributed by atoms with Crippen LogP contribution in [0, 0.1) is 0 Å². The molecule has 0 aliphatic carbocycles. The van der Waals surface area contributed by atoms with E-state index < -0.39 is 52.8 Å². The van der Waals surface area contributed by atoms with Gasteiger partial charge in [0.2, 0.25) is 0 Å². The molecule has 3 unspecified atom stereocenters. The van der Waals surface area contributed by atoms with Crippen molar-refractivity contribution in [1.82, 2.24) is 73.4 Å². The lowest BCUT2D eigenvalue weighted by Gasteiger charge is -2.32. The summed E-state index contributed by atoms with van der Waals surface area (Å²) in [6.45, 7) is 31.0. The first-order valence-corrected chi connectivity index (χ1v) is 45.2. The Morgan fingerprint density at radius 3 is 1.39 bits per heavy atom. The zero-order valence-electron chi connectivity index (χ0n) is 78.4. The molecule has 4 fully saturated rings. The van der Waals surface area contributed by atoms with Gasteiger partial charge >= 0.3 is 25.4 Å². The summed E-state index contributed by atoms with van der Waals surface area (Å²) in [4.78, 5) is 118. The summed E-state index contributed by atoms with van der Waals surface area (Å²) in [6.07, 6.45) is 11.2. The standard InChI is InChI=1S/C32H37N7O4.C24H30ClN5O4.C15H20BNO2.C12H12BrClN2O3.C12H19N3O.CH4/c1-32(2,3)43-31(41)39-16-23-27(30(39)40)24(15-34-28(23)21-9-12-33-29-22(21)10-13-38(29)6)35-26-8-7-20(19-11-14-42-18-19)25(36-26)17-37(4)5;1-24(2,3)34-23(32)30-11-16-20(22(30)31)17(10-26-21(16)25)27-19-7-6-15(14-8-9-33-13-14)18(28-19)12-29(4)5;1-14(2)15(3,4)19-16(18-14)12-7-6-8-13-11(12)9-10-17(13)5;1-12(2,3)19-11(18)16-5-6-8(10(16)17)7(13)4-15-9(6)14;1-15(2)7-11-10(3-4-12(13)14-11)9-5-6-16-8-9;/h7-10,12-13,15,19H,11,14,16-18H2,1-6H3,(H,35,36);6-7,10,14H,8-9,11-13H2,1-5H3,(H,27,28);6-10H,1-5H3;4H,5H2,1-3H3;3-4,9H,5-8H2,1-2H3,(H2,13,14);1H4. The van der Waals surface area contributed by atoms with Gasteiger partial charge in [0.25, 0.3) is 17.7 Å². The fourth-order valence-electron chi connectivity index (χ4n) is 16.2. The Labute approximate surface area is 790 Å². The number of nitrogens with one attached hydrogen (secondary N) is 2. The van der Waals surface area contributed by atoms with Crippen LogP contribution in [0.1, 0.15) is 216 Å². The Bertz CT molecular complexity index is 5930. The zero-order valence-corrected chi connectivity index (χ0v) is 81.5. The maximum atomic E-state index is 13.9. The lowest BCUT2D eigenvalue weighted by atomic mass is 9.77. The van der Waals surface area contributed by atoms with E-state index in [0.717, 1.165) is 106 Å². The number of imide groups is 3. The van der Waals surface area contributed by atoms with Crippen LogP contribution in [0.25, 0.3) is 33.2 Å². The first-order chi connectivity index (χ1) is 61.7. The second kappa shape index (κ2) is 41.1. The fraction of sp³-hybridized carbons (Fsp3) is 0.469. The molecule has 4 N–H and O–H groups in total. The van der Waals surface area contributed by atoms with Gasteiger partial charge in [-0.2, -0.15) is 0 Å². The summed E-state index contributed by atoms with van der Waals surface area (Å²) in [7, 11) is 15.8. The maximum absolute atomic E-state index is 13.9. The smallest absolute Gasteiger partial charge is 0.443 e. The molecule has 7 aliphatic rings. The summed E-state index contributed by atoms with van der Waals surface area (Å²) in [5.74, 6) is 1.53. The van der Waals surface area contributed by atoms with Crippen LogP contribution < -0.4 is 21.8 Å². The number of fused-ring (bicyclic) bond motifs is 5. The molecule has 132 heavy (non-hydrogen) atoms. The Morgan fingerprint density at radius 1 is 0.530 bits per heavy atom. The molecule has 10 aromatic rings. The highest BCUT2D eigenvalue weighted by Gasteiger charge is 2.52. The highest BCUT2D eigenvalue weighted by atomic mass is 79.9. The van der Waals surface area contributed by atoms with Crippen molar-refractivity contribution in [3.05, 3.63) is 192 Å². The third-order valence-electron chi connectivity index (χ3n) is 23.1. The van der Waals surface area contributed by atoms with Crippen molar-refractivity contribution in [3.63, 3.8) is 0 Å². The van der Waals surface area contributed by atoms with Crippen LogP contribution in [0.5, 0.6) is 0 Å². The molecule has 0 spiro atoms. The Hall–Kier alpha value is -10.6. The van der Waals surface area contributed by atoms with E-state index >= 15 is 0 Å². The van der Waals surface area contributed by atoms with E-state index in [1.54, 1.807) is 74.7 Å². The first kappa shape index (κ1) is 100. The Kier molecular flexibility index (Phi) is 31.2. The third kappa shape index (κ3) is 23.2. The molecule has 36 heteroatoms. The Balaban J connectivity index is 0.000000157. The van der Waals surface area contributed by atoms with Crippen molar-refractivity contribution in [3.8, 4) is 11.3 Å². The van der Waals surface area contributed by atoms with Gasteiger partial charge in [-0.25, -0.2) is 59.0 Å². The van der Waals surface area contributed by atoms with Crippen molar-refractivity contribution in [1.29, 1.82) is 0 Å². The molecule has 3 atom stereocenters. The van der Waals surface area contributed by atoms with Crippen LogP contribution in [0.15, 0.2) is 114 Å². The summed E-state index contributed by atoms with van der Waals surface area (Å²) in [5.41, 5.74) is 17.8. The van der Waals surface area contributed by atoms with Gasteiger partial charge in [-0.1, -0.05) is 61.0 Å². The van der Waals surface area contributed by atoms with Gasteiger partial charge in [-0.15, -0.1) is 0 Å². The number of anilines is 5. The number of halogens is 3. The maximum Gasteiger partial charge on any atom is 0.495 e. The predicted molar refractivity (Wildman–Crippen MR) is 514 cm³/mol. The van der Waals surface area contributed by atoms with Gasteiger partial charge in [0.15, 0.2) is 0 Å². The van der Waals surface area contributed by atoms with E-state index in [4.69, 9.17) is 81.6 Å². The topological polar surface area (TPSA) is 346 Å². The first-order valence-electron chi connectivity index (χ1n) is 43.6. The average molecular weight is 1910 g/mol. The number of rotatable bonds is 15. The minimum Gasteiger partial charge on any atom is -0.443 e. The number of hydrogen-bond donors (Lipinski definition) is 3. The number of hydrogen-bond acceptors (Lipinski definition) is 27. The number of nitrogens with zero attached hydrogens (tertiary/aromatic N) is 15. The summed E-state index contributed by atoms with van der Waals surface area (Å²) < 4.78 is 49.7. The Morgan fingerprint density at radius 2 is 0.939 bits per heavy atom. The van der Waals surface area contributed by atoms with Crippen LogP contribution >= 0.6 is 39.1 Å². The van der Waals surface area contributed by atoms with Crippen molar-refractivity contribution in [2.24, 2.45) is 14.1 Å². The SMILES string of the molecule is C.CC(C)(C)OC(=O)N1Cc2c(Cl)ncc(Br)c2C1=O.CN(C)Cc1nc(N)ccc1C1CCOC1.CN(C)Cc1nc(Nc2cnc(-c3ccnc4c3ccn4C)c3c2C(=O)N(C(=O)OC(C)(C)C)C3)ccc1C1CCOC1.CN(C)Cc1nc(Nc2cnc(Cl)c3c2C(=O)N(C(=O)OC(C)(C)C)C3)ccc1C1CCOC1.Cn1ccc2c(B3OC(C)(C)C(C)(C)O3)cccc21. The fourth-order valence-corrected chi connectivity index (χ4v) is 17.1. The van der Waals surface area contributed by atoms with Crippen LogP contribution in [0.2, 0.25) is 10.3 Å². The molecule has 6 amide bonds. The third-order valence-corrected chi connectivity index (χ3v) is 24.4. The van der Waals surface area contributed by atoms with E-state index in [1.165, 1.54) is 40.0 Å². The number of ether oxygens (including phenoxy) is 6. The van der Waals surface area contributed by atoms with E-state index in [1.807, 2.05) is 90.4 Å². The minimum absolute atomic E-state index is 0. The van der Waals surface area contributed by atoms with Crippen molar-refractivity contribution < 1.29 is 66.5 Å². The highest BCUT2D eigenvalue weighted by molar-refractivity contribution is 9.10. The summed E-state index contributed by atoms with van der Waals surface area (Å²) >= 11 is 15.5. The minimum atomic E-state index is -0.755. The number of aryl methyl sites for hydroxylation is 2. The molecule has 0 saturated carbocycles. The van der Waals surface area contributed by atoms with E-state index in [0.29, 0.717) is 116 Å². The van der Waals surface area contributed by atoms with Crippen LogP contribution in [-0.2, 0) is 91.1 Å². The summed E-state index contributed by atoms with van der Waals surface area (Å²) in [5, 5.41) is 9.08. The van der Waals surface area contributed by atoms with Crippen LogP contribution in [-0.4, -0.2) is 226 Å². The number of nitrogens with two attached hydrogens (primary N) is 1. The van der Waals surface area contributed by atoms with Gasteiger partial charge in [0.1, 0.15) is 50.2 Å².